The van der Waals surface area contributed by atoms with Gasteiger partial charge in [0.05, 0.1) is 6.42 Å². The number of carboxylic acid groups (broad SMARTS) is 1. The quantitative estimate of drug-likeness (QED) is 0.750. The average Bonchev–Trinajstić information content (AvgIpc) is 2.37. The average molecular weight is 271 g/mol. The molecule has 1 heterocycles. The van der Waals surface area contributed by atoms with Gasteiger partial charge in [0.15, 0.2) is 0 Å². The lowest BCUT2D eigenvalue weighted by Gasteiger charge is -2.30. The summed E-state index contributed by atoms with van der Waals surface area (Å²) < 4.78 is 0. The van der Waals surface area contributed by atoms with Gasteiger partial charge in [0, 0.05) is 26.2 Å². The van der Waals surface area contributed by atoms with Gasteiger partial charge in [-0.2, -0.15) is 0 Å². The molecule has 2 N–H and O–H groups in total. The van der Waals surface area contributed by atoms with Gasteiger partial charge in [-0.1, -0.05) is 0 Å². The van der Waals surface area contributed by atoms with Crippen LogP contribution in [0.25, 0.3) is 0 Å². The zero-order chi connectivity index (χ0) is 14.3. The maximum absolute atomic E-state index is 11.9. The highest BCUT2D eigenvalue weighted by atomic mass is 16.4. The van der Waals surface area contributed by atoms with E-state index in [2.05, 4.69) is 17.3 Å². The van der Waals surface area contributed by atoms with E-state index in [1.54, 1.807) is 4.90 Å². The van der Waals surface area contributed by atoms with E-state index >= 15 is 0 Å². The first kappa shape index (κ1) is 15.8. The number of carbonyl (C=O) groups excluding carboxylic acids is 1. The lowest BCUT2D eigenvalue weighted by atomic mass is 9.99. The highest BCUT2D eigenvalue weighted by Crippen LogP contribution is 2.13. The molecule has 1 saturated heterocycles. The largest absolute Gasteiger partial charge is 0.481 e. The minimum absolute atomic E-state index is 0.00652. The van der Waals surface area contributed by atoms with E-state index in [1.165, 1.54) is 6.42 Å². The van der Waals surface area contributed by atoms with Crippen molar-refractivity contribution in [3.63, 3.8) is 0 Å². The smallest absolute Gasteiger partial charge is 0.317 e. The number of piperidine rings is 1. The van der Waals surface area contributed by atoms with Crippen LogP contribution in [0, 0.1) is 5.92 Å². The summed E-state index contributed by atoms with van der Waals surface area (Å²) in [6.07, 6.45) is 2.31. The monoisotopic (exact) mass is 271 g/mol. The first-order valence-electron chi connectivity index (χ1n) is 6.96. The number of amides is 2. The third-order valence-corrected chi connectivity index (χ3v) is 3.53. The fourth-order valence-corrected chi connectivity index (χ4v) is 2.42. The number of nitrogens with zero attached hydrogens (tertiary/aromatic N) is 2. The van der Waals surface area contributed by atoms with Crippen LogP contribution in [-0.4, -0.2) is 66.7 Å². The Bertz CT molecular complexity index is 310. The van der Waals surface area contributed by atoms with Gasteiger partial charge in [0.1, 0.15) is 0 Å². The Kier molecular flexibility index (Phi) is 6.62. The highest BCUT2D eigenvalue weighted by Gasteiger charge is 2.19. The lowest BCUT2D eigenvalue weighted by Crippen LogP contribution is -2.45. The summed E-state index contributed by atoms with van der Waals surface area (Å²) in [5.74, 6) is -0.374. The molecular weight excluding hydrogens is 246 g/mol. The molecule has 0 aromatic rings. The molecule has 2 amide bonds. The molecule has 1 atom stereocenters. The van der Waals surface area contributed by atoms with Crippen LogP contribution in [0.2, 0.25) is 0 Å². The Morgan fingerprint density at radius 3 is 2.79 bits per heavy atom. The molecule has 110 valence electrons. The van der Waals surface area contributed by atoms with Gasteiger partial charge in [-0.05, 0) is 39.3 Å². The van der Waals surface area contributed by atoms with Crippen LogP contribution < -0.4 is 5.32 Å². The molecule has 1 fully saturated rings. The molecule has 0 aromatic heterocycles. The lowest BCUT2D eigenvalue weighted by molar-refractivity contribution is -0.137. The van der Waals surface area contributed by atoms with Crippen LogP contribution in [0.4, 0.5) is 4.79 Å². The van der Waals surface area contributed by atoms with Crippen molar-refractivity contribution >= 4 is 12.0 Å². The first-order chi connectivity index (χ1) is 9.02. The second-order valence-electron chi connectivity index (χ2n) is 5.18. The van der Waals surface area contributed by atoms with Crippen LogP contribution in [0.1, 0.15) is 26.2 Å². The normalized spacial score (nSPS) is 20.0. The summed E-state index contributed by atoms with van der Waals surface area (Å²) in [7, 11) is 2.10. The fourth-order valence-electron chi connectivity index (χ4n) is 2.42. The zero-order valence-corrected chi connectivity index (χ0v) is 11.9. The molecular formula is C13H25N3O3. The van der Waals surface area contributed by atoms with Crippen LogP contribution in [0.5, 0.6) is 0 Å². The molecule has 1 aliphatic rings. The number of likely N-dealkylation sites (tertiary alicyclic amines) is 1. The summed E-state index contributed by atoms with van der Waals surface area (Å²) in [6, 6.07) is -0.156. The van der Waals surface area contributed by atoms with Crippen molar-refractivity contribution in [2.24, 2.45) is 5.92 Å². The Labute approximate surface area is 114 Å². The molecule has 19 heavy (non-hydrogen) atoms. The van der Waals surface area contributed by atoms with Gasteiger partial charge in [-0.25, -0.2) is 4.79 Å². The minimum atomic E-state index is -0.875. The molecule has 0 saturated carbocycles. The van der Waals surface area contributed by atoms with E-state index in [9.17, 15) is 9.59 Å². The number of nitrogens with one attached hydrogen (secondary N) is 1. The zero-order valence-electron chi connectivity index (χ0n) is 11.9. The van der Waals surface area contributed by atoms with Crippen molar-refractivity contribution in [1.29, 1.82) is 0 Å². The maximum atomic E-state index is 11.9. The van der Waals surface area contributed by atoms with Crippen LogP contribution in [0.3, 0.4) is 0 Å². The third-order valence-electron chi connectivity index (χ3n) is 3.53. The number of hydrogen-bond acceptors (Lipinski definition) is 3. The highest BCUT2D eigenvalue weighted by molar-refractivity contribution is 5.75. The minimum Gasteiger partial charge on any atom is -0.481 e. The molecule has 0 spiro atoms. The van der Waals surface area contributed by atoms with E-state index in [4.69, 9.17) is 5.11 Å². The first-order valence-corrected chi connectivity index (χ1v) is 6.96. The van der Waals surface area contributed by atoms with Crippen LogP contribution >= 0.6 is 0 Å². The second-order valence-corrected chi connectivity index (χ2v) is 5.18. The van der Waals surface area contributed by atoms with Gasteiger partial charge < -0.3 is 20.2 Å². The summed E-state index contributed by atoms with van der Waals surface area (Å²) >= 11 is 0. The van der Waals surface area contributed by atoms with E-state index in [0.29, 0.717) is 19.0 Å². The van der Waals surface area contributed by atoms with E-state index in [1.807, 2.05) is 6.92 Å². The summed E-state index contributed by atoms with van der Waals surface area (Å²) in [6.45, 7) is 5.47. The predicted molar refractivity (Wildman–Crippen MR) is 73.1 cm³/mol. The molecule has 6 nitrogen and oxygen atoms in total. The van der Waals surface area contributed by atoms with Gasteiger partial charge in [0.2, 0.25) is 0 Å². The van der Waals surface area contributed by atoms with Gasteiger partial charge >= 0.3 is 12.0 Å². The van der Waals surface area contributed by atoms with Crippen molar-refractivity contribution < 1.29 is 14.7 Å². The molecule has 0 aromatic carbocycles. The molecule has 0 radical (unpaired) electrons. The Balaban J connectivity index is 2.29. The second kappa shape index (κ2) is 7.99. The molecule has 0 bridgehead atoms. The Hall–Kier alpha value is -1.30. The summed E-state index contributed by atoms with van der Waals surface area (Å²) in [5, 5.41) is 11.6. The third kappa shape index (κ3) is 5.92. The van der Waals surface area contributed by atoms with Gasteiger partial charge in [0.25, 0.3) is 0 Å². The molecule has 0 aliphatic carbocycles. The fraction of sp³-hybridized carbons (Fsp3) is 0.846. The van der Waals surface area contributed by atoms with Crippen LogP contribution in [-0.2, 0) is 4.79 Å². The topological polar surface area (TPSA) is 72.9 Å². The molecule has 6 heteroatoms. The molecule has 1 rings (SSSR count). The van der Waals surface area contributed by atoms with Crippen molar-refractivity contribution in [2.75, 3.05) is 39.8 Å². The molecule has 1 aliphatic heterocycles. The van der Waals surface area contributed by atoms with Gasteiger partial charge in [-0.15, -0.1) is 0 Å². The Morgan fingerprint density at radius 2 is 2.21 bits per heavy atom. The predicted octanol–water partition coefficient (Wildman–Crippen LogP) is 0.834. The van der Waals surface area contributed by atoms with E-state index in [0.717, 1.165) is 19.5 Å². The van der Waals surface area contributed by atoms with Crippen molar-refractivity contribution in [3.8, 4) is 0 Å². The van der Waals surface area contributed by atoms with Crippen molar-refractivity contribution in [1.82, 2.24) is 15.1 Å². The SMILES string of the molecule is CCN(CCC(=O)O)C(=O)NCC1CCCN(C)C1. The molecule has 1 unspecified atom stereocenters. The number of aliphatic carboxylic acids is 1. The maximum Gasteiger partial charge on any atom is 0.317 e. The summed E-state index contributed by atoms with van der Waals surface area (Å²) in [5.41, 5.74) is 0. The number of urea groups is 1. The summed E-state index contributed by atoms with van der Waals surface area (Å²) in [4.78, 5) is 26.3. The van der Waals surface area contributed by atoms with E-state index < -0.39 is 5.97 Å². The van der Waals surface area contributed by atoms with Crippen molar-refractivity contribution in [3.05, 3.63) is 0 Å². The number of carboxylic acids is 1. The number of hydrogen-bond donors (Lipinski definition) is 2. The Morgan fingerprint density at radius 1 is 1.47 bits per heavy atom. The van der Waals surface area contributed by atoms with Crippen molar-refractivity contribution in [2.45, 2.75) is 26.2 Å². The van der Waals surface area contributed by atoms with Gasteiger partial charge in [-0.3, -0.25) is 4.79 Å². The number of carbonyl (C=O) groups is 2. The van der Waals surface area contributed by atoms with E-state index in [-0.39, 0.29) is 19.0 Å². The number of rotatable bonds is 6. The van der Waals surface area contributed by atoms with Crippen LogP contribution in [0.15, 0.2) is 0 Å². The standard InChI is InChI=1S/C13H25N3O3/c1-3-16(8-6-12(17)18)13(19)14-9-11-5-4-7-15(2)10-11/h11H,3-10H2,1-2H3,(H,14,19)(H,17,18).